The lowest BCUT2D eigenvalue weighted by atomic mass is 10.1. The van der Waals surface area contributed by atoms with Crippen LogP contribution in [-0.4, -0.2) is 38.4 Å². The molecule has 2 heterocycles. The van der Waals surface area contributed by atoms with Crippen molar-refractivity contribution in [2.75, 3.05) is 13.1 Å². The molecule has 3 rings (SSSR count). The highest BCUT2D eigenvalue weighted by Crippen LogP contribution is 2.23. The quantitative estimate of drug-likeness (QED) is 0.814. The highest BCUT2D eigenvalue weighted by atomic mass is 79.9. The second-order valence-corrected chi connectivity index (χ2v) is 8.56. The fraction of sp³-hybridized carbons (Fsp3) is 0.353. The van der Waals surface area contributed by atoms with E-state index in [9.17, 15) is 13.2 Å². The molecule has 1 aliphatic heterocycles. The van der Waals surface area contributed by atoms with E-state index in [1.54, 1.807) is 41.3 Å². The molecule has 0 atom stereocenters. The zero-order valence-electron chi connectivity index (χ0n) is 13.7. The second-order valence-electron chi connectivity index (χ2n) is 6.06. The van der Waals surface area contributed by atoms with Crippen LogP contribution in [0.5, 0.6) is 0 Å². The number of furan rings is 1. The van der Waals surface area contributed by atoms with E-state index in [-0.39, 0.29) is 16.8 Å². The van der Waals surface area contributed by atoms with Gasteiger partial charge >= 0.3 is 0 Å². The molecule has 1 fully saturated rings. The summed E-state index contributed by atoms with van der Waals surface area (Å²) in [5.74, 6) is 0.169. The number of carbonyl (C=O) groups excluding carboxylic acids is 1. The summed E-state index contributed by atoms with van der Waals surface area (Å²) in [5, 5.41) is 0. The highest BCUT2D eigenvalue weighted by molar-refractivity contribution is 9.10. The maximum absolute atomic E-state index is 12.5. The summed E-state index contributed by atoms with van der Waals surface area (Å²) in [5.41, 5.74) is 0.781. The Morgan fingerprint density at radius 2 is 1.88 bits per heavy atom. The predicted molar refractivity (Wildman–Crippen MR) is 96.8 cm³/mol. The number of hydrogen-bond donors (Lipinski definition) is 1. The lowest BCUT2D eigenvalue weighted by Crippen LogP contribution is -2.46. The van der Waals surface area contributed by atoms with Crippen LogP contribution in [0.3, 0.4) is 0 Å². The van der Waals surface area contributed by atoms with Gasteiger partial charge in [0.05, 0.1) is 4.90 Å². The number of benzene rings is 1. The van der Waals surface area contributed by atoms with Crippen LogP contribution >= 0.6 is 15.9 Å². The molecule has 0 unspecified atom stereocenters. The zero-order valence-corrected chi connectivity index (χ0v) is 16.1. The van der Waals surface area contributed by atoms with Gasteiger partial charge in [-0.25, -0.2) is 13.1 Å². The number of rotatable bonds is 4. The Hall–Kier alpha value is -1.64. The SMILES string of the molecule is Cc1cc(Br)oc1C(=O)N1CCC(NS(=O)(=O)c2ccccc2)CC1. The number of likely N-dealkylation sites (tertiary alicyclic amines) is 1. The third-order valence-corrected chi connectivity index (χ3v) is 6.17. The molecule has 1 N–H and O–H groups in total. The molecule has 134 valence electrons. The number of aryl methyl sites for hydroxylation is 1. The molecule has 1 amide bonds. The minimum absolute atomic E-state index is 0.160. The Bertz CT molecular complexity index is 856. The van der Waals surface area contributed by atoms with Gasteiger partial charge in [0.15, 0.2) is 10.4 Å². The molecule has 0 radical (unpaired) electrons. The molecule has 0 spiro atoms. The molecule has 1 aliphatic rings. The van der Waals surface area contributed by atoms with Crippen molar-refractivity contribution < 1.29 is 17.6 Å². The fourth-order valence-corrected chi connectivity index (χ4v) is 4.72. The van der Waals surface area contributed by atoms with Gasteiger partial charge in [-0.2, -0.15) is 0 Å². The fourth-order valence-electron chi connectivity index (χ4n) is 2.89. The monoisotopic (exact) mass is 426 g/mol. The molecule has 6 nitrogen and oxygen atoms in total. The Kier molecular flexibility index (Phi) is 5.31. The van der Waals surface area contributed by atoms with Gasteiger partial charge in [-0.05, 0) is 53.9 Å². The Balaban J connectivity index is 1.61. The summed E-state index contributed by atoms with van der Waals surface area (Å²) >= 11 is 3.23. The normalized spacial score (nSPS) is 16.2. The molecular weight excluding hydrogens is 408 g/mol. The van der Waals surface area contributed by atoms with Crippen molar-refractivity contribution in [3.05, 3.63) is 52.4 Å². The molecule has 1 aromatic carbocycles. The van der Waals surface area contributed by atoms with Gasteiger partial charge in [-0.3, -0.25) is 4.79 Å². The predicted octanol–water partition coefficient (Wildman–Crippen LogP) is 2.93. The first kappa shape index (κ1) is 18.2. The van der Waals surface area contributed by atoms with Gasteiger partial charge in [-0.15, -0.1) is 0 Å². The summed E-state index contributed by atoms with van der Waals surface area (Å²) in [6.07, 6.45) is 1.14. The third kappa shape index (κ3) is 4.13. The first-order valence-electron chi connectivity index (χ1n) is 7.99. The zero-order chi connectivity index (χ0) is 18.0. The van der Waals surface area contributed by atoms with Crippen molar-refractivity contribution >= 4 is 31.9 Å². The van der Waals surface area contributed by atoms with Crippen LogP contribution in [0, 0.1) is 6.92 Å². The molecule has 0 aliphatic carbocycles. The molecule has 1 aromatic heterocycles. The topological polar surface area (TPSA) is 79.6 Å². The van der Waals surface area contributed by atoms with Crippen molar-refractivity contribution in [1.82, 2.24) is 9.62 Å². The van der Waals surface area contributed by atoms with Crippen LogP contribution in [-0.2, 0) is 10.0 Å². The van der Waals surface area contributed by atoms with E-state index < -0.39 is 10.0 Å². The number of halogens is 1. The number of carbonyl (C=O) groups is 1. The Morgan fingerprint density at radius 1 is 1.24 bits per heavy atom. The van der Waals surface area contributed by atoms with Gasteiger partial charge in [0.1, 0.15) is 0 Å². The average molecular weight is 427 g/mol. The number of piperidine rings is 1. The van der Waals surface area contributed by atoms with Gasteiger partial charge < -0.3 is 9.32 Å². The summed E-state index contributed by atoms with van der Waals surface area (Å²) in [6.45, 7) is 2.79. The highest BCUT2D eigenvalue weighted by Gasteiger charge is 2.29. The van der Waals surface area contributed by atoms with Crippen molar-refractivity contribution in [3.8, 4) is 0 Å². The van der Waals surface area contributed by atoms with Crippen LogP contribution in [0.15, 0.2) is 50.4 Å². The van der Waals surface area contributed by atoms with E-state index in [0.29, 0.717) is 36.4 Å². The van der Waals surface area contributed by atoms with E-state index in [1.807, 2.05) is 6.92 Å². The standard InChI is InChI=1S/C17H19BrN2O4S/c1-12-11-15(18)24-16(12)17(21)20-9-7-13(8-10-20)19-25(22,23)14-5-3-2-4-6-14/h2-6,11,13,19H,7-10H2,1H3. The second kappa shape index (κ2) is 7.31. The van der Waals surface area contributed by atoms with Crippen molar-refractivity contribution in [2.24, 2.45) is 0 Å². The minimum atomic E-state index is -3.53. The summed E-state index contributed by atoms with van der Waals surface area (Å²) in [7, 11) is -3.53. The number of nitrogens with one attached hydrogen (secondary N) is 1. The van der Waals surface area contributed by atoms with Crippen LogP contribution in [0.1, 0.15) is 29.0 Å². The van der Waals surface area contributed by atoms with Crippen LogP contribution < -0.4 is 4.72 Å². The maximum atomic E-state index is 12.5. The number of nitrogens with zero attached hydrogens (tertiary/aromatic N) is 1. The van der Waals surface area contributed by atoms with E-state index in [2.05, 4.69) is 20.7 Å². The van der Waals surface area contributed by atoms with Crippen LogP contribution in [0.2, 0.25) is 0 Å². The minimum Gasteiger partial charge on any atom is -0.444 e. The van der Waals surface area contributed by atoms with Crippen LogP contribution in [0.25, 0.3) is 0 Å². The van der Waals surface area contributed by atoms with Crippen molar-refractivity contribution in [2.45, 2.75) is 30.7 Å². The first-order chi connectivity index (χ1) is 11.9. The third-order valence-electron chi connectivity index (χ3n) is 4.24. The summed E-state index contributed by atoms with van der Waals surface area (Å²) < 4.78 is 33.4. The molecule has 0 saturated carbocycles. The van der Waals surface area contributed by atoms with E-state index in [4.69, 9.17) is 4.42 Å². The smallest absolute Gasteiger partial charge is 0.289 e. The lowest BCUT2D eigenvalue weighted by Gasteiger charge is -2.31. The summed E-state index contributed by atoms with van der Waals surface area (Å²) in [4.78, 5) is 14.5. The Labute approximate surface area is 155 Å². The Morgan fingerprint density at radius 3 is 2.44 bits per heavy atom. The molecule has 2 aromatic rings. The van der Waals surface area contributed by atoms with Crippen LogP contribution in [0.4, 0.5) is 0 Å². The van der Waals surface area contributed by atoms with E-state index in [0.717, 1.165) is 5.56 Å². The largest absolute Gasteiger partial charge is 0.444 e. The maximum Gasteiger partial charge on any atom is 0.289 e. The number of hydrogen-bond acceptors (Lipinski definition) is 4. The van der Waals surface area contributed by atoms with Crippen molar-refractivity contribution in [1.29, 1.82) is 0 Å². The average Bonchev–Trinajstić information content (AvgIpc) is 2.94. The van der Waals surface area contributed by atoms with E-state index >= 15 is 0 Å². The molecule has 25 heavy (non-hydrogen) atoms. The number of sulfonamides is 1. The van der Waals surface area contributed by atoms with Gasteiger partial charge in [-0.1, -0.05) is 18.2 Å². The summed E-state index contributed by atoms with van der Waals surface area (Å²) in [6, 6.07) is 9.88. The molecule has 0 bridgehead atoms. The van der Waals surface area contributed by atoms with E-state index in [1.165, 1.54) is 0 Å². The van der Waals surface area contributed by atoms with Crippen molar-refractivity contribution in [3.63, 3.8) is 0 Å². The lowest BCUT2D eigenvalue weighted by molar-refractivity contribution is 0.0676. The van der Waals surface area contributed by atoms with Gasteiger partial charge in [0.25, 0.3) is 5.91 Å². The number of amides is 1. The first-order valence-corrected chi connectivity index (χ1v) is 10.3. The molecule has 1 saturated heterocycles. The molecular formula is C17H19BrN2O4S. The molecule has 8 heteroatoms. The van der Waals surface area contributed by atoms with Gasteiger partial charge in [0.2, 0.25) is 10.0 Å². The van der Waals surface area contributed by atoms with Gasteiger partial charge in [0, 0.05) is 24.7 Å².